The van der Waals surface area contributed by atoms with Crippen LogP contribution in [0.4, 0.5) is 0 Å². The number of aliphatic hydroxyl groups is 2. The standard InChI is InChI=1S/C4H6O6.C3H6O/c5-1(3(7)8)2(6)4(9)10;1-3(2)4/h1-2,5-6H,(H,7,8)(H,9,10);1-2H3. The van der Waals surface area contributed by atoms with Crippen LogP contribution in [0.2, 0.25) is 0 Å². The van der Waals surface area contributed by atoms with Crippen molar-refractivity contribution < 1.29 is 34.8 Å². The third-order valence-electron chi connectivity index (χ3n) is 0.805. The number of carboxylic acid groups (broad SMARTS) is 2. The van der Waals surface area contributed by atoms with Crippen molar-refractivity contribution in [3.05, 3.63) is 0 Å². The molecule has 0 heterocycles. The second kappa shape index (κ2) is 6.98. The van der Waals surface area contributed by atoms with E-state index >= 15 is 0 Å². The molecule has 0 spiro atoms. The van der Waals surface area contributed by atoms with Gasteiger partial charge in [0.2, 0.25) is 0 Å². The fraction of sp³-hybridized carbons (Fsp3) is 0.571. The summed E-state index contributed by atoms with van der Waals surface area (Å²) in [5.74, 6) is -3.37. The molecule has 0 aliphatic rings. The van der Waals surface area contributed by atoms with Crippen molar-refractivity contribution in [2.75, 3.05) is 0 Å². The number of Topliss-reactive ketones (excluding diaryl/α,β-unsaturated/α-hetero) is 1. The van der Waals surface area contributed by atoms with E-state index in [1.807, 2.05) is 0 Å². The Morgan fingerprint density at radius 3 is 1.07 bits per heavy atom. The molecule has 2 atom stereocenters. The maximum atomic E-state index is 9.77. The second-order valence-corrected chi connectivity index (χ2v) is 2.47. The third kappa shape index (κ3) is 8.62. The number of hydrogen-bond donors (Lipinski definition) is 4. The summed E-state index contributed by atoms with van der Waals surface area (Å²) in [4.78, 5) is 29.0. The lowest BCUT2D eigenvalue weighted by Crippen LogP contribution is -2.39. The second-order valence-electron chi connectivity index (χ2n) is 2.47. The van der Waals surface area contributed by atoms with Crippen molar-refractivity contribution in [1.29, 1.82) is 0 Å². The van der Waals surface area contributed by atoms with Gasteiger partial charge in [0, 0.05) is 0 Å². The van der Waals surface area contributed by atoms with Crippen LogP contribution in [0.3, 0.4) is 0 Å². The lowest BCUT2D eigenvalue weighted by Gasteiger charge is -2.07. The molecule has 0 rings (SSSR count). The van der Waals surface area contributed by atoms with Gasteiger partial charge in [0.25, 0.3) is 0 Å². The number of aliphatic hydroxyl groups excluding tert-OH is 2. The van der Waals surface area contributed by atoms with Crippen molar-refractivity contribution in [2.45, 2.75) is 26.1 Å². The predicted octanol–water partition coefficient (Wildman–Crippen LogP) is -1.53. The average Bonchev–Trinajstić information content (AvgIpc) is 2.00. The highest BCUT2D eigenvalue weighted by atomic mass is 16.4. The molecule has 0 aliphatic heterocycles. The summed E-state index contributed by atoms with van der Waals surface area (Å²) in [6.45, 7) is 3.06. The van der Waals surface area contributed by atoms with Crippen molar-refractivity contribution >= 4 is 17.7 Å². The van der Waals surface area contributed by atoms with Gasteiger partial charge in [-0.2, -0.15) is 0 Å². The van der Waals surface area contributed by atoms with E-state index in [-0.39, 0.29) is 5.78 Å². The van der Waals surface area contributed by atoms with Gasteiger partial charge in [-0.1, -0.05) is 0 Å². The lowest BCUT2D eigenvalue weighted by molar-refractivity contribution is -0.165. The largest absolute Gasteiger partial charge is 0.479 e. The average molecular weight is 208 g/mol. The summed E-state index contributed by atoms with van der Waals surface area (Å²) in [5.41, 5.74) is 0. The summed E-state index contributed by atoms with van der Waals surface area (Å²) in [6, 6.07) is 0. The van der Waals surface area contributed by atoms with Gasteiger partial charge in [-0.25, -0.2) is 9.59 Å². The fourth-order valence-corrected chi connectivity index (χ4v) is 0.270. The minimum Gasteiger partial charge on any atom is -0.479 e. The number of ketones is 1. The smallest absolute Gasteiger partial charge is 0.335 e. The highest BCUT2D eigenvalue weighted by Crippen LogP contribution is 1.92. The number of hydrogen-bond acceptors (Lipinski definition) is 5. The molecule has 0 amide bonds. The topological polar surface area (TPSA) is 132 Å². The van der Waals surface area contributed by atoms with Crippen LogP contribution in [0.25, 0.3) is 0 Å². The molecule has 7 heteroatoms. The Morgan fingerprint density at radius 1 is 0.857 bits per heavy atom. The van der Waals surface area contributed by atoms with E-state index in [1.54, 1.807) is 0 Å². The minimum absolute atomic E-state index is 0.167. The highest BCUT2D eigenvalue weighted by Gasteiger charge is 2.29. The molecule has 0 radical (unpaired) electrons. The summed E-state index contributed by atoms with van der Waals surface area (Å²) >= 11 is 0. The molecule has 0 aromatic rings. The zero-order valence-electron chi connectivity index (χ0n) is 7.67. The van der Waals surface area contributed by atoms with Gasteiger partial charge in [-0.15, -0.1) is 0 Å². The first kappa shape index (κ1) is 15.0. The molecular formula is C7H12O7. The Labute approximate surface area is 79.6 Å². The van der Waals surface area contributed by atoms with Crippen LogP contribution in [-0.4, -0.2) is 50.4 Å². The Balaban J connectivity index is 0. The third-order valence-corrected chi connectivity index (χ3v) is 0.805. The zero-order chi connectivity index (χ0) is 11.9. The minimum atomic E-state index is -2.27. The van der Waals surface area contributed by atoms with E-state index in [2.05, 4.69) is 0 Å². The van der Waals surface area contributed by atoms with Crippen LogP contribution >= 0.6 is 0 Å². The maximum Gasteiger partial charge on any atom is 0.335 e. The van der Waals surface area contributed by atoms with Crippen LogP contribution in [0, 0.1) is 0 Å². The normalized spacial score (nSPS) is 13.1. The summed E-state index contributed by atoms with van der Waals surface area (Å²) < 4.78 is 0. The molecule has 2 unspecified atom stereocenters. The molecule has 4 N–H and O–H groups in total. The molecular weight excluding hydrogens is 196 g/mol. The summed E-state index contributed by atoms with van der Waals surface area (Å²) in [5, 5.41) is 32.5. The first-order valence-corrected chi connectivity index (χ1v) is 3.49. The van der Waals surface area contributed by atoms with Crippen molar-refractivity contribution in [1.82, 2.24) is 0 Å². The summed E-state index contributed by atoms with van der Waals surface area (Å²) in [7, 11) is 0. The van der Waals surface area contributed by atoms with Crippen LogP contribution in [0.15, 0.2) is 0 Å². The van der Waals surface area contributed by atoms with Crippen LogP contribution in [0.5, 0.6) is 0 Å². The van der Waals surface area contributed by atoms with Gasteiger partial charge in [0.05, 0.1) is 0 Å². The Morgan fingerprint density at radius 2 is 1.00 bits per heavy atom. The van der Waals surface area contributed by atoms with Crippen LogP contribution in [-0.2, 0) is 14.4 Å². The van der Waals surface area contributed by atoms with E-state index in [4.69, 9.17) is 20.4 Å². The summed E-state index contributed by atoms with van der Waals surface area (Å²) in [6.07, 6.45) is -4.53. The van der Waals surface area contributed by atoms with Crippen molar-refractivity contribution in [2.24, 2.45) is 0 Å². The molecule has 0 aromatic heterocycles. The molecule has 14 heavy (non-hydrogen) atoms. The Hall–Kier alpha value is -1.47. The maximum absolute atomic E-state index is 9.77. The Kier molecular flexibility index (Phi) is 7.49. The van der Waals surface area contributed by atoms with Gasteiger partial charge in [-0.05, 0) is 13.8 Å². The molecule has 0 saturated carbocycles. The highest BCUT2D eigenvalue weighted by molar-refractivity contribution is 5.83. The van der Waals surface area contributed by atoms with E-state index in [0.29, 0.717) is 0 Å². The molecule has 0 fully saturated rings. The van der Waals surface area contributed by atoms with Crippen LogP contribution < -0.4 is 0 Å². The number of carboxylic acids is 2. The molecule has 0 saturated heterocycles. The van der Waals surface area contributed by atoms with E-state index in [9.17, 15) is 14.4 Å². The van der Waals surface area contributed by atoms with E-state index < -0.39 is 24.1 Å². The Bertz CT molecular complexity index is 200. The van der Waals surface area contributed by atoms with Crippen LogP contribution in [0.1, 0.15) is 13.8 Å². The molecule has 0 bridgehead atoms. The van der Waals surface area contributed by atoms with Gasteiger partial charge < -0.3 is 25.2 Å². The molecule has 7 nitrogen and oxygen atoms in total. The SMILES string of the molecule is CC(C)=O.O=C(O)C(O)C(O)C(=O)O. The molecule has 82 valence electrons. The van der Waals surface area contributed by atoms with E-state index in [0.717, 1.165) is 0 Å². The van der Waals surface area contributed by atoms with Gasteiger partial charge >= 0.3 is 11.9 Å². The number of carbonyl (C=O) groups is 3. The lowest BCUT2D eigenvalue weighted by atomic mass is 10.2. The first-order chi connectivity index (χ1) is 6.20. The fourth-order valence-electron chi connectivity index (χ4n) is 0.270. The predicted molar refractivity (Wildman–Crippen MR) is 43.6 cm³/mol. The molecule has 0 aliphatic carbocycles. The van der Waals surface area contributed by atoms with Gasteiger partial charge in [-0.3, -0.25) is 0 Å². The van der Waals surface area contributed by atoms with Gasteiger partial charge in [0.15, 0.2) is 12.2 Å². The quantitative estimate of drug-likeness (QED) is 0.442. The zero-order valence-corrected chi connectivity index (χ0v) is 7.67. The molecule has 0 aromatic carbocycles. The number of aliphatic carboxylic acids is 2. The van der Waals surface area contributed by atoms with Crippen molar-refractivity contribution in [3.63, 3.8) is 0 Å². The first-order valence-electron chi connectivity index (χ1n) is 3.49. The number of carbonyl (C=O) groups excluding carboxylic acids is 1. The van der Waals surface area contributed by atoms with Crippen molar-refractivity contribution in [3.8, 4) is 0 Å². The van der Waals surface area contributed by atoms with E-state index in [1.165, 1.54) is 13.8 Å². The number of rotatable bonds is 3. The monoisotopic (exact) mass is 208 g/mol. The van der Waals surface area contributed by atoms with Gasteiger partial charge in [0.1, 0.15) is 5.78 Å².